The summed E-state index contributed by atoms with van der Waals surface area (Å²) in [6.07, 6.45) is 2.42. The lowest BCUT2D eigenvalue weighted by Crippen LogP contribution is -2.35. The first-order valence-corrected chi connectivity index (χ1v) is 7.04. The first-order valence-electron chi connectivity index (χ1n) is 7.04. The number of hydrogen-bond acceptors (Lipinski definition) is 2. The van der Waals surface area contributed by atoms with Crippen LogP contribution in [0.5, 0.6) is 0 Å². The van der Waals surface area contributed by atoms with E-state index >= 15 is 0 Å². The van der Waals surface area contributed by atoms with Crippen molar-refractivity contribution in [2.45, 2.75) is 18.9 Å². The maximum atomic E-state index is 3.62. The van der Waals surface area contributed by atoms with Crippen LogP contribution < -0.4 is 10.6 Å². The maximum absolute atomic E-state index is 3.62. The van der Waals surface area contributed by atoms with Gasteiger partial charge in [0.15, 0.2) is 0 Å². The van der Waals surface area contributed by atoms with Crippen LogP contribution in [0.1, 0.15) is 12.8 Å². The van der Waals surface area contributed by atoms with Gasteiger partial charge in [0.25, 0.3) is 0 Å². The lowest BCUT2D eigenvalue weighted by Gasteiger charge is -2.24. The third-order valence-corrected chi connectivity index (χ3v) is 3.70. The Balaban J connectivity index is 1.68. The largest absolute Gasteiger partial charge is 0.382 e. The van der Waals surface area contributed by atoms with E-state index in [-0.39, 0.29) is 0 Å². The Morgan fingerprint density at radius 2 is 1.42 bits per heavy atom. The van der Waals surface area contributed by atoms with Crippen molar-refractivity contribution in [2.24, 2.45) is 0 Å². The molecule has 2 nitrogen and oxygen atoms in total. The molecular formula is C17H20N2. The van der Waals surface area contributed by atoms with Crippen LogP contribution in [0.2, 0.25) is 0 Å². The Bertz CT molecular complexity index is 499. The molecule has 0 bridgehead atoms. The molecule has 0 radical (unpaired) electrons. The molecule has 2 aromatic carbocycles. The zero-order chi connectivity index (χ0) is 12.9. The zero-order valence-electron chi connectivity index (χ0n) is 11.1. The van der Waals surface area contributed by atoms with Crippen LogP contribution in [-0.4, -0.2) is 19.1 Å². The number of piperidine rings is 1. The Morgan fingerprint density at radius 1 is 0.789 bits per heavy atom. The second kappa shape index (κ2) is 5.89. The van der Waals surface area contributed by atoms with Crippen LogP contribution in [0.15, 0.2) is 54.6 Å². The molecule has 1 fully saturated rings. The summed E-state index contributed by atoms with van der Waals surface area (Å²) in [5, 5.41) is 7.01. The first kappa shape index (κ1) is 12.2. The van der Waals surface area contributed by atoms with E-state index in [2.05, 4.69) is 65.2 Å². The molecule has 0 aromatic heterocycles. The number of anilines is 1. The van der Waals surface area contributed by atoms with E-state index in [0.29, 0.717) is 6.04 Å². The van der Waals surface area contributed by atoms with Gasteiger partial charge < -0.3 is 10.6 Å². The van der Waals surface area contributed by atoms with Crippen LogP contribution in [0, 0.1) is 0 Å². The van der Waals surface area contributed by atoms with Crippen LogP contribution in [-0.2, 0) is 0 Å². The fraction of sp³-hybridized carbons (Fsp3) is 0.294. The summed E-state index contributed by atoms with van der Waals surface area (Å²) in [6.45, 7) is 2.25. The summed E-state index contributed by atoms with van der Waals surface area (Å²) >= 11 is 0. The van der Waals surface area contributed by atoms with E-state index in [9.17, 15) is 0 Å². The molecule has 2 N–H and O–H groups in total. The van der Waals surface area contributed by atoms with Crippen LogP contribution in [0.4, 0.5) is 5.69 Å². The highest BCUT2D eigenvalue weighted by Crippen LogP contribution is 2.22. The SMILES string of the molecule is c1ccc(-c2ccc(NC3CCNCC3)cc2)cc1. The van der Waals surface area contributed by atoms with E-state index < -0.39 is 0 Å². The Labute approximate surface area is 114 Å². The average molecular weight is 252 g/mol. The van der Waals surface area contributed by atoms with Gasteiger partial charge in [0, 0.05) is 11.7 Å². The molecular weight excluding hydrogens is 232 g/mol. The van der Waals surface area contributed by atoms with E-state index in [4.69, 9.17) is 0 Å². The smallest absolute Gasteiger partial charge is 0.0342 e. The maximum Gasteiger partial charge on any atom is 0.0342 e. The summed E-state index contributed by atoms with van der Waals surface area (Å²) in [5.74, 6) is 0. The van der Waals surface area contributed by atoms with Gasteiger partial charge in [-0.3, -0.25) is 0 Å². The zero-order valence-corrected chi connectivity index (χ0v) is 11.1. The molecule has 1 heterocycles. The average Bonchev–Trinajstić information content (AvgIpc) is 2.50. The highest BCUT2D eigenvalue weighted by atomic mass is 15.0. The second-order valence-corrected chi connectivity index (χ2v) is 5.11. The van der Waals surface area contributed by atoms with Gasteiger partial charge >= 0.3 is 0 Å². The van der Waals surface area contributed by atoms with Crippen molar-refractivity contribution >= 4 is 5.69 Å². The molecule has 0 amide bonds. The minimum Gasteiger partial charge on any atom is -0.382 e. The van der Waals surface area contributed by atoms with Gasteiger partial charge in [-0.05, 0) is 49.2 Å². The molecule has 19 heavy (non-hydrogen) atoms. The van der Waals surface area contributed by atoms with E-state index in [1.807, 2.05) is 0 Å². The van der Waals surface area contributed by atoms with Crippen molar-refractivity contribution in [3.05, 3.63) is 54.6 Å². The van der Waals surface area contributed by atoms with Crippen molar-refractivity contribution < 1.29 is 0 Å². The highest BCUT2D eigenvalue weighted by molar-refractivity contribution is 5.65. The van der Waals surface area contributed by atoms with Gasteiger partial charge in [0.1, 0.15) is 0 Å². The van der Waals surface area contributed by atoms with Crippen LogP contribution in [0.25, 0.3) is 11.1 Å². The fourth-order valence-electron chi connectivity index (χ4n) is 2.59. The van der Waals surface area contributed by atoms with Gasteiger partial charge in [0.2, 0.25) is 0 Å². The number of rotatable bonds is 3. The fourth-order valence-corrected chi connectivity index (χ4v) is 2.59. The molecule has 0 saturated carbocycles. The van der Waals surface area contributed by atoms with E-state index in [0.717, 1.165) is 13.1 Å². The highest BCUT2D eigenvalue weighted by Gasteiger charge is 2.12. The molecule has 0 spiro atoms. The molecule has 2 aromatic rings. The minimum atomic E-state index is 0.615. The molecule has 0 atom stereocenters. The number of benzene rings is 2. The number of hydrogen-bond donors (Lipinski definition) is 2. The Morgan fingerprint density at radius 3 is 2.11 bits per heavy atom. The molecule has 0 unspecified atom stereocenters. The van der Waals surface area contributed by atoms with Gasteiger partial charge in [0.05, 0.1) is 0 Å². The quantitative estimate of drug-likeness (QED) is 0.873. The molecule has 0 aliphatic carbocycles. The standard InChI is InChI=1S/C17H20N2/c1-2-4-14(5-3-1)15-6-8-16(9-7-15)19-17-10-12-18-13-11-17/h1-9,17-19H,10-13H2. The van der Waals surface area contributed by atoms with Gasteiger partial charge in [-0.15, -0.1) is 0 Å². The van der Waals surface area contributed by atoms with Crippen LogP contribution >= 0.6 is 0 Å². The number of nitrogens with one attached hydrogen (secondary N) is 2. The van der Waals surface area contributed by atoms with Crippen molar-refractivity contribution in [1.82, 2.24) is 5.32 Å². The third-order valence-electron chi connectivity index (χ3n) is 3.70. The normalized spacial score (nSPS) is 16.2. The predicted molar refractivity (Wildman–Crippen MR) is 81.4 cm³/mol. The molecule has 2 heteroatoms. The van der Waals surface area contributed by atoms with Crippen molar-refractivity contribution in [1.29, 1.82) is 0 Å². The first-order chi connectivity index (χ1) is 9.42. The molecule has 1 aliphatic rings. The lowest BCUT2D eigenvalue weighted by atomic mass is 10.0. The monoisotopic (exact) mass is 252 g/mol. The van der Waals surface area contributed by atoms with Gasteiger partial charge in [-0.1, -0.05) is 42.5 Å². The Hall–Kier alpha value is -1.80. The summed E-state index contributed by atoms with van der Waals surface area (Å²) in [6, 6.07) is 19.9. The molecule has 98 valence electrons. The van der Waals surface area contributed by atoms with Crippen molar-refractivity contribution in [3.63, 3.8) is 0 Å². The van der Waals surface area contributed by atoms with Gasteiger partial charge in [-0.25, -0.2) is 0 Å². The second-order valence-electron chi connectivity index (χ2n) is 5.11. The third kappa shape index (κ3) is 3.15. The Kier molecular flexibility index (Phi) is 3.80. The lowest BCUT2D eigenvalue weighted by molar-refractivity contribution is 0.479. The van der Waals surface area contributed by atoms with Crippen molar-refractivity contribution in [3.8, 4) is 11.1 Å². The predicted octanol–water partition coefficient (Wildman–Crippen LogP) is 3.52. The topological polar surface area (TPSA) is 24.1 Å². The van der Waals surface area contributed by atoms with E-state index in [1.165, 1.54) is 29.7 Å². The summed E-state index contributed by atoms with van der Waals surface area (Å²) in [4.78, 5) is 0. The van der Waals surface area contributed by atoms with E-state index in [1.54, 1.807) is 0 Å². The minimum absolute atomic E-state index is 0.615. The summed E-state index contributed by atoms with van der Waals surface area (Å²) < 4.78 is 0. The summed E-state index contributed by atoms with van der Waals surface area (Å²) in [7, 11) is 0. The molecule has 1 aliphatic heterocycles. The summed E-state index contributed by atoms with van der Waals surface area (Å²) in [5.41, 5.74) is 3.78. The van der Waals surface area contributed by atoms with Crippen LogP contribution in [0.3, 0.4) is 0 Å². The van der Waals surface area contributed by atoms with Gasteiger partial charge in [-0.2, -0.15) is 0 Å². The van der Waals surface area contributed by atoms with Crippen molar-refractivity contribution in [2.75, 3.05) is 18.4 Å². The molecule has 3 rings (SSSR count). The molecule has 1 saturated heterocycles.